The van der Waals surface area contributed by atoms with Gasteiger partial charge in [-0.3, -0.25) is 4.79 Å². The highest BCUT2D eigenvalue weighted by Gasteiger charge is 2.06. The lowest BCUT2D eigenvalue weighted by atomic mass is 10.4. The number of rotatable bonds is 3. The van der Waals surface area contributed by atoms with Gasteiger partial charge in [-0.15, -0.1) is 0 Å². The maximum absolute atomic E-state index is 11.3. The summed E-state index contributed by atoms with van der Waals surface area (Å²) in [4.78, 5) is 17.0. The fraction of sp³-hybridized carbons (Fsp3) is 0.333. The number of halogens is 1. The minimum atomic E-state index is -0.129. The molecule has 4 nitrogen and oxygen atoms in total. The molecule has 0 aliphatic carbocycles. The summed E-state index contributed by atoms with van der Waals surface area (Å²) in [5.41, 5.74) is 0. The number of amides is 1. The smallest absolute Gasteiger partial charge is 0.239 e. The second-order valence-electron chi connectivity index (χ2n) is 3.12. The number of hydrogen-bond acceptors (Lipinski definition) is 3. The monoisotopic (exact) mass is 213 g/mol. The number of anilines is 1. The topological polar surface area (TPSA) is 45.2 Å². The van der Waals surface area contributed by atoms with Crippen molar-refractivity contribution >= 4 is 23.3 Å². The Morgan fingerprint density at radius 1 is 1.64 bits per heavy atom. The summed E-state index contributed by atoms with van der Waals surface area (Å²) < 4.78 is 0. The predicted octanol–water partition coefficient (Wildman–Crippen LogP) is 1.24. The van der Waals surface area contributed by atoms with Crippen molar-refractivity contribution in [2.45, 2.75) is 0 Å². The summed E-state index contributed by atoms with van der Waals surface area (Å²) in [7, 11) is 3.64. The zero-order valence-corrected chi connectivity index (χ0v) is 8.88. The Morgan fingerprint density at radius 3 is 2.93 bits per heavy atom. The van der Waals surface area contributed by atoms with E-state index in [0.717, 1.165) is 0 Å². The van der Waals surface area contributed by atoms with Crippen LogP contribution in [-0.2, 0) is 4.79 Å². The first-order valence-corrected chi connectivity index (χ1v) is 4.52. The van der Waals surface area contributed by atoms with Crippen molar-refractivity contribution in [1.82, 2.24) is 9.88 Å². The number of hydrogen-bond donors (Lipinski definition) is 1. The normalized spacial score (nSPS) is 10.3. The largest absolute Gasteiger partial charge is 0.308 e. The van der Waals surface area contributed by atoms with Crippen molar-refractivity contribution in [1.29, 1.82) is 0 Å². The van der Waals surface area contributed by atoms with E-state index in [9.17, 15) is 4.79 Å². The van der Waals surface area contributed by atoms with Gasteiger partial charge in [0.05, 0.1) is 11.6 Å². The summed E-state index contributed by atoms with van der Waals surface area (Å²) in [5, 5.41) is 3.06. The summed E-state index contributed by atoms with van der Waals surface area (Å²) in [5.74, 6) is 0.275. The molecule has 5 heteroatoms. The second-order valence-corrected chi connectivity index (χ2v) is 3.53. The van der Waals surface area contributed by atoms with Crippen molar-refractivity contribution < 1.29 is 4.79 Å². The number of carbonyl (C=O) groups is 1. The van der Waals surface area contributed by atoms with Crippen molar-refractivity contribution in [2.75, 3.05) is 26.0 Å². The van der Waals surface area contributed by atoms with Crippen LogP contribution in [0.2, 0.25) is 5.02 Å². The lowest BCUT2D eigenvalue weighted by Gasteiger charge is -2.09. The first-order valence-electron chi connectivity index (χ1n) is 4.14. The summed E-state index contributed by atoms with van der Waals surface area (Å²) in [6.07, 6.45) is 1.58. The number of likely N-dealkylation sites (N-methyl/N-ethyl adjacent to an activating group) is 1. The van der Waals surface area contributed by atoms with Gasteiger partial charge in [0.2, 0.25) is 5.91 Å². The lowest BCUT2D eigenvalue weighted by molar-refractivity contribution is -0.116. The van der Waals surface area contributed by atoms with Crippen molar-refractivity contribution in [3.8, 4) is 0 Å². The van der Waals surface area contributed by atoms with Crippen molar-refractivity contribution in [3.05, 3.63) is 23.4 Å². The molecule has 0 fully saturated rings. The Kier molecular flexibility index (Phi) is 3.85. The van der Waals surface area contributed by atoms with Crippen LogP contribution in [0.4, 0.5) is 5.82 Å². The molecular formula is C9H12ClN3O. The predicted molar refractivity (Wildman–Crippen MR) is 56.4 cm³/mol. The third-order valence-electron chi connectivity index (χ3n) is 1.48. The molecule has 0 aliphatic rings. The van der Waals surface area contributed by atoms with Crippen LogP contribution in [0, 0.1) is 0 Å². The van der Waals surface area contributed by atoms with E-state index in [0.29, 0.717) is 17.4 Å². The molecule has 0 saturated carbocycles. The Bertz CT molecular complexity index is 328. The molecule has 0 bridgehead atoms. The van der Waals surface area contributed by atoms with Crippen molar-refractivity contribution in [2.24, 2.45) is 0 Å². The van der Waals surface area contributed by atoms with Gasteiger partial charge in [-0.1, -0.05) is 11.6 Å². The number of pyridine rings is 1. The molecule has 76 valence electrons. The van der Waals surface area contributed by atoms with Crippen LogP contribution >= 0.6 is 11.6 Å². The Balaban J connectivity index is 2.61. The zero-order valence-electron chi connectivity index (χ0n) is 8.12. The van der Waals surface area contributed by atoms with Crippen LogP contribution in [0.15, 0.2) is 18.3 Å². The molecule has 1 amide bonds. The maximum Gasteiger partial charge on any atom is 0.239 e. The summed E-state index contributed by atoms with van der Waals surface area (Å²) in [6.45, 7) is 0.312. The molecule has 1 N–H and O–H groups in total. The Labute approximate surface area is 87.9 Å². The third kappa shape index (κ3) is 3.32. The van der Waals surface area contributed by atoms with E-state index in [4.69, 9.17) is 11.6 Å². The van der Waals surface area contributed by atoms with Gasteiger partial charge in [-0.25, -0.2) is 4.98 Å². The molecule has 0 aromatic carbocycles. The first kappa shape index (κ1) is 10.9. The van der Waals surface area contributed by atoms with E-state index in [1.165, 1.54) is 0 Å². The Morgan fingerprint density at radius 2 is 2.36 bits per heavy atom. The highest BCUT2D eigenvalue weighted by Crippen LogP contribution is 2.16. The van der Waals surface area contributed by atoms with E-state index in [1.54, 1.807) is 23.2 Å². The molecule has 0 unspecified atom stereocenters. The van der Waals surface area contributed by atoms with Crippen LogP contribution in [0.1, 0.15) is 0 Å². The molecule has 1 heterocycles. The first-order chi connectivity index (χ1) is 6.59. The average Bonchev–Trinajstić information content (AvgIpc) is 2.07. The van der Waals surface area contributed by atoms with E-state index in [1.807, 2.05) is 14.1 Å². The minimum Gasteiger partial charge on any atom is -0.308 e. The van der Waals surface area contributed by atoms with Gasteiger partial charge in [0.15, 0.2) is 5.82 Å². The highest BCUT2D eigenvalue weighted by molar-refractivity contribution is 6.33. The van der Waals surface area contributed by atoms with Gasteiger partial charge in [0.25, 0.3) is 0 Å². The lowest BCUT2D eigenvalue weighted by Crippen LogP contribution is -2.27. The van der Waals surface area contributed by atoms with Crippen LogP contribution in [0.25, 0.3) is 0 Å². The molecule has 0 aliphatic heterocycles. The van der Waals surface area contributed by atoms with Crippen molar-refractivity contribution in [3.63, 3.8) is 0 Å². The maximum atomic E-state index is 11.3. The number of aromatic nitrogens is 1. The molecule has 1 aromatic rings. The van der Waals surface area contributed by atoms with Gasteiger partial charge < -0.3 is 10.2 Å². The van der Waals surface area contributed by atoms with Crippen LogP contribution in [0.3, 0.4) is 0 Å². The molecule has 14 heavy (non-hydrogen) atoms. The molecular weight excluding hydrogens is 202 g/mol. The van der Waals surface area contributed by atoms with Gasteiger partial charge in [-0.05, 0) is 26.2 Å². The fourth-order valence-corrected chi connectivity index (χ4v) is 1.11. The van der Waals surface area contributed by atoms with Gasteiger partial charge in [-0.2, -0.15) is 0 Å². The van der Waals surface area contributed by atoms with Crippen LogP contribution < -0.4 is 5.32 Å². The molecule has 1 aromatic heterocycles. The minimum absolute atomic E-state index is 0.129. The zero-order chi connectivity index (χ0) is 10.6. The van der Waals surface area contributed by atoms with E-state index < -0.39 is 0 Å². The highest BCUT2D eigenvalue weighted by atomic mass is 35.5. The molecule has 0 saturated heterocycles. The molecule has 1 rings (SSSR count). The number of nitrogens with zero attached hydrogens (tertiary/aromatic N) is 2. The fourth-order valence-electron chi connectivity index (χ4n) is 0.936. The van der Waals surface area contributed by atoms with Crippen LogP contribution in [0.5, 0.6) is 0 Å². The van der Waals surface area contributed by atoms with Crippen LogP contribution in [-0.4, -0.2) is 36.4 Å². The van der Waals surface area contributed by atoms with E-state index in [2.05, 4.69) is 10.3 Å². The standard InChI is InChI=1S/C9H12ClN3O/c1-13(2)6-8(14)12-9-7(10)4-3-5-11-9/h3-5H,6H2,1-2H3,(H,11,12,14). The van der Waals surface area contributed by atoms with Gasteiger partial charge in [0.1, 0.15) is 0 Å². The van der Waals surface area contributed by atoms with E-state index >= 15 is 0 Å². The molecule has 0 atom stereocenters. The van der Waals surface area contributed by atoms with Gasteiger partial charge in [0, 0.05) is 6.20 Å². The SMILES string of the molecule is CN(C)CC(=O)Nc1ncccc1Cl. The quantitative estimate of drug-likeness (QED) is 0.822. The Hall–Kier alpha value is -1.13. The molecule has 0 radical (unpaired) electrons. The molecule has 0 spiro atoms. The second kappa shape index (κ2) is 4.93. The number of carbonyl (C=O) groups excluding carboxylic acids is 1. The van der Waals surface area contributed by atoms with E-state index in [-0.39, 0.29) is 5.91 Å². The summed E-state index contributed by atoms with van der Waals surface area (Å²) in [6, 6.07) is 3.39. The average molecular weight is 214 g/mol. The third-order valence-corrected chi connectivity index (χ3v) is 1.78. The van der Waals surface area contributed by atoms with Gasteiger partial charge >= 0.3 is 0 Å². The summed E-state index contributed by atoms with van der Waals surface area (Å²) >= 11 is 5.81. The number of nitrogens with one attached hydrogen (secondary N) is 1.